The van der Waals surface area contributed by atoms with Gasteiger partial charge in [-0.15, -0.1) is 0 Å². The van der Waals surface area contributed by atoms with Crippen LogP contribution in [0, 0.1) is 11.8 Å². The van der Waals surface area contributed by atoms with Crippen molar-refractivity contribution in [3.05, 3.63) is 24.3 Å². The van der Waals surface area contributed by atoms with Crippen LogP contribution in [0.2, 0.25) is 0 Å². The zero-order chi connectivity index (χ0) is 22.9. The number of cyclic esters (lactones) is 1. The van der Waals surface area contributed by atoms with Crippen LogP contribution in [0.1, 0.15) is 46.0 Å². The average Bonchev–Trinajstić information content (AvgIpc) is 3.12. The SMILES string of the molecule is CCCC(C)N1CC=C[C@]23O[C@H]4C=CCCOC(=O)[C@H]4[C@H]2C(=O)N(CCCCO)C3C1=O. The van der Waals surface area contributed by atoms with Gasteiger partial charge in [0.1, 0.15) is 17.6 Å². The minimum Gasteiger partial charge on any atom is -0.465 e. The summed E-state index contributed by atoms with van der Waals surface area (Å²) < 4.78 is 11.9. The van der Waals surface area contributed by atoms with E-state index in [0.717, 1.165) is 12.8 Å². The van der Waals surface area contributed by atoms with E-state index in [9.17, 15) is 19.5 Å². The molecule has 1 N–H and O–H groups in total. The molecule has 2 fully saturated rings. The first-order chi connectivity index (χ1) is 15.5. The maximum atomic E-state index is 13.9. The number of esters is 1. The van der Waals surface area contributed by atoms with Crippen LogP contribution in [0.3, 0.4) is 0 Å². The van der Waals surface area contributed by atoms with Crippen molar-refractivity contribution in [2.45, 2.75) is 69.7 Å². The number of aliphatic hydroxyl groups excluding tert-OH is 1. The molecule has 4 aliphatic heterocycles. The Kier molecular flexibility index (Phi) is 6.72. The minimum absolute atomic E-state index is 0.0209. The van der Waals surface area contributed by atoms with Crippen molar-refractivity contribution in [3.63, 3.8) is 0 Å². The highest BCUT2D eigenvalue weighted by Gasteiger charge is 2.71. The van der Waals surface area contributed by atoms with Crippen molar-refractivity contribution in [1.29, 1.82) is 0 Å². The molecule has 1 spiro atoms. The van der Waals surface area contributed by atoms with Gasteiger partial charge in [-0.1, -0.05) is 37.6 Å². The number of unbranched alkanes of at least 4 members (excludes halogenated alkanes) is 1. The van der Waals surface area contributed by atoms with Crippen LogP contribution in [-0.2, 0) is 23.9 Å². The van der Waals surface area contributed by atoms with Crippen molar-refractivity contribution in [2.24, 2.45) is 11.8 Å². The molecule has 32 heavy (non-hydrogen) atoms. The van der Waals surface area contributed by atoms with Crippen LogP contribution in [0.15, 0.2) is 24.3 Å². The number of amides is 2. The Bertz CT molecular complexity index is 810. The first-order valence-corrected chi connectivity index (χ1v) is 11.9. The van der Waals surface area contributed by atoms with Crippen molar-refractivity contribution in [1.82, 2.24) is 9.80 Å². The average molecular weight is 447 g/mol. The van der Waals surface area contributed by atoms with Crippen molar-refractivity contribution in [3.8, 4) is 0 Å². The molecule has 8 heteroatoms. The Morgan fingerprint density at radius 2 is 2.03 bits per heavy atom. The van der Waals surface area contributed by atoms with Gasteiger partial charge in [-0.3, -0.25) is 14.4 Å². The van der Waals surface area contributed by atoms with Crippen LogP contribution >= 0.6 is 0 Å². The zero-order valence-electron chi connectivity index (χ0n) is 18.9. The molecule has 0 aromatic carbocycles. The van der Waals surface area contributed by atoms with E-state index in [-0.39, 0.29) is 31.1 Å². The number of nitrogens with zero attached hydrogens (tertiary/aromatic N) is 2. The highest BCUT2D eigenvalue weighted by Crippen LogP contribution is 2.53. The van der Waals surface area contributed by atoms with Gasteiger partial charge in [0, 0.05) is 25.7 Å². The normalized spacial score (nSPS) is 35.0. The molecule has 0 aromatic rings. The molecule has 2 saturated heterocycles. The number of hydrogen-bond acceptors (Lipinski definition) is 6. The Balaban J connectivity index is 1.76. The second kappa shape index (κ2) is 9.35. The molecule has 0 aromatic heterocycles. The number of hydrogen-bond donors (Lipinski definition) is 1. The molecule has 2 unspecified atom stereocenters. The van der Waals surface area contributed by atoms with Gasteiger partial charge >= 0.3 is 5.97 Å². The second-order valence-corrected chi connectivity index (χ2v) is 9.22. The molecular weight excluding hydrogens is 412 g/mol. The maximum Gasteiger partial charge on any atom is 0.312 e. The Morgan fingerprint density at radius 1 is 1.22 bits per heavy atom. The first kappa shape index (κ1) is 23.0. The topological polar surface area (TPSA) is 96.4 Å². The van der Waals surface area contributed by atoms with Crippen molar-refractivity contribution in [2.75, 3.05) is 26.3 Å². The molecule has 176 valence electrons. The number of ether oxygens (including phenoxy) is 2. The summed E-state index contributed by atoms with van der Waals surface area (Å²) in [7, 11) is 0. The predicted molar refractivity (Wildman–Crippen MR) is 116 cm³/mol. The van der Waals surface area contributed by atoms with Crippen LogP contribution in [-0.4, -0.2) is 82.8 Å². The van der Waals surface area contributed by atoms with Gasteiger partial charge in [-0.2, -0.15) is 0 Å². The van der Waals surface area contributed by atoms with Gasteiger partial charge in [0.25, 0.3) is 0 Å². The van der Waals surface area contributed by atoms with Gasteiger partial charge in [0.2, 0.25) is 11.8 Å². The van der Waals surface area contributed by atoms with Gasteiger partial charge in [0.05, 0.1) is 18.6 Å². The summed E-state index contributed by atoms with van der Waals surface area (Å²) in [6.45, 7) is 5.19. The number of fused-ring (bicyclic) bond motifs is 2. The maximum absolute atomic E-state index is 13.9. The molecule has 4 heterocycles. The van der Waals surface area contributed by atoms with Gasteiger partial charge in [-0.25, -0.2) is 0 Å². The summed E-state index contributed by atoms with van der Waals surface area (Å²) in [6, 6.07) is -0.799. The van der Waals surface area contributed by atoms with Crippen molar-refractivity contribution < 1.29 is 29.0 Å². The Hall–Kier alpha value is -2.19. The Labute approximate surface area is 189 Å². The summed E-state index contributed by atoms with van der Waals surface area (Å²) in [5, 5.41) is 9.23. The van der Waals surface area contributed by atoms with E-state index in [1.54, 1.807) is 4.90 Å². The number of rotatable bonds is 7. The Morgan fingerprint density at radius 3 is 2.78 bits per heavy atom. The summed E-state index contributed by atoms with van der Waals surface area (Å²) in [4.78, 5) is 44.0. The van der Waals surface area contributed by atoms with E-state index >= 15 is 0 Å². The predicted octanol–water partition coefficient (Wildman–Crippen LogP) is 1.43. The fraction of sp³-hybridized carbons (Fsp3) is 0.708. The molecule has 0 radical (unpaired) electrons. The minimum atomic E-state index is -1.20. The molecule has 0 bridgehead atoms. The summed E-state index contributed by atoms with van der Waals surface area (Å²) in [6.07, 6.45) is 10.4. The molecule has 4 aliphatic rings. The van der Waals surface area contributed by atoms with Gasteiger partial charge < -0.3 is 24.4 Å². The lowest BCUT2D eigenvalue weighted by Gasteiger charge is -2.37. The van der Waals surface area contributed by atoms with Gasteiger partial charge in [-0.05, 0) is 32.6 Å². The lowest BCUT2D eigenvalue weighted by atomic mass is 9.77. The fourth-order valence-corrected chi connectivity index (χ4v) is 5.73. The van der Waals surface area contributed by atoms with E-state index < -0.39 is 35.6 Å². The molecule has 8 nitrogen and oxygen atoms in total. The molecule has 4 rings (SSSR count). The highest BCUT2D eigenvalue weighted by atomic mass is 16.6. The number of carbonyl (C=O) groups is 3. The third-order valence-electron chi connectivity index (χ3n) is 7.20. The number of aliphatic hydroxyl groups is 1. The van der Waals surface area contributed by atoms with Crippen LogP contribution in [0.5, 0.6) is 0 Å². The van der Waals surface area contributed by atoms with E-state index in [1.807, 2.05) is 36.1 Å². The third-order valence-corrected chi connectivity index (χ3v) is 7.20. The lowest BCUT2D eigenvalue weighted by molar-refractivity contribution is -0.155. The standard InChI is InChI=1S/C24H34N2O6/c1-3-9-16(2)25-13-8-11-24-19(18-17(32-24)10-4-7-15-31-23(18)30)21(28)26(12-5-6-14-27)20(24)22(25)29/h4,8,10-11,16-20,27H,3,5-7,9,12-15H2,1-2H3/t16?,17-,18+,19-,20?,24-/m0/s1. The molecule has 0 aliphatic carbocycles. The van der Waals surface area contributed by atoms with Crippen LogP contribution in [0.25, 0.3) is 0 Å². The smallest absolute Gasteiger partial charge is 0.312 e. The highest BCUT2D eigenvalue weighted by molar-refractivity contribution is 5.99. The van der Waals surface area contributed by atoms with E-state index in [1.165, 1.54) is 0 Å². The number of likely N-dealkylation sites (tertiary alicyclic amines) is 1. The van der Waals surface area contributed by atoms with Crippen LogP contribution in [0.4, 0.5) is 0 Å². The fourth-order valence-electron chi connectivity index (χ4n) is 5.73. The summed E-state index contributed by atoms with van der Waals surface area (Å²) in [5.41, 5.74) is -1.20. The monoisotopic (exact) mass is 446 g/mol. The zero-order valence-corrected chi connectivity index (χ0v) is 18.9. The van der Waals surface area contributed by atoms with Crippen LogP contribution < -0.4 is 0 Å². The largest absolute Gasteiger partial charge is 0.465 e. The number of carbonyl (C=O) groups excluding carboxylic acids is 3. The quantitative estimate of drug-likeness (QED) is 0.361. The third kappa shape index (κ3) is 3.67. The second-order valence-electron chi connectivity index (χ2n) is 9.22. The van der Waals surface area contributed by atoms with E-state index in [0.29, 0.717) is 32.4 Å². The summed E-state index contributed by atoms with van der Waals surface area (Å²) >= 11 is 0. The first-order valence-electron chi connectivity index (χ1n) is 11.9. The van der Waals surface area contributed by atoms with Crippen molar-refractivity contribution >= 4 is 17.8 Å². The molecule has 6 atom stereocenters. The molecule has 0 saturated carbocycles. The van der Waals surface area contributed by atoms with E-state index in [2.05, 4.69) is 6.92 Å². The molecule has 2 amide bonds. The summed E-state index contributed by atoms with van der Waals surface area (Å²) in [5.74, 6) is -2.39. The molecular formula is C24H34N2O6. The van der Waals surface area contributed by atoms with Gasteiger partial charge in [0.15, 0.2) is 0 Å². The van der Waals surface area contributed by atoms with E-state index in [4.69, 9.17) is 9.47 Å². The lowest BCUT2D eigenvalue weighted by Crippen LogP contribution is -2.56.